The third kappa shape index (κ3) is 4.88. The molecule has 0 amide bonds. The van der Waals surface area contributed by atoms with Crippen LogP contribution in [0.2, 0.25) is 0 Å². The van der Waals surface area contributed by atoms with Gasteiger partial charge in [-0.25, -0.2) is 0 Å². The fraction of sp³-hybridized carbons (Fsp3) is 0.294. The van der Waals surface area contributed by atoms with Crippen molar-refractivity contribution < 1.29 is 17.9 Å². The second-order valence-corrected chi connectivity index (χ2v) is 5.26. The Hall–Kier alpha value is -1.72. The number of alkyl halides is 3. The van der Waals surface area contributed by atoms with Crippen LogP contribution in [0.15, 0.2) is 42.5 Å². The van der Waals surface area contributed by atoms with Crippen LogP contribution in [0.3, 0.4) is 0 Å². The summed E-state index contributed by atoms with van der Waals surface area (Å²) in [4.78, 5) is 0. The van der Waals surface area contributed by atoms with Crippen LogP contribution in [0.4, 0.5) is 13.2 Å². The lowest BCUT2D eigenvalue weighted by molar-refractivity contribution is -0.137. The minimum Gasteiger partial charge on any atom is -0.491 e. The third-order valence-corrected chi connectivity index (χ3v) is 3.48. The zero-order chi connectivity index (χ0) is 16.3. The average molecular weight is 346 g/mol. The quantitative estimate of drug-likeness (QED) is 0.862. The predicted octanol–water partition coefficient (Wildman–Crippen LogP) is 4.82. The van der Waals surface area contributed by atoms with Crippen molar-refractivity contribution in [2.75, 3.05) is 6.61 Å². The average Bonchev–Trinajstić information content (AvgIpc) is 2.46. The lowest BCUT2D eigenvalue weighted by atomic mass is 10.1. The van der Waals surface area contributed by atoms with Gasteiger partial charge in [-0.1, -0.05) is 30.3 Å². The number of para-hydroxylation sites is 1. The molecule has 0 heterocycles. The maximum atomic E-state index is 12.5. The van der Waals surface area contributed by atoms with Crippen LogP contribution in [0, 0.1) is 13.8 Å². The van der Waals surface area contributed by atoms with E-state index in [-0.39, 0.29) is 19.0 Å². The highest BCUT2D eigenvalue weighted by Crippen LogP contribution is 2.30. The van der Waals surface area contributed by atoms with E-state index in [1.54, 1.807) is 0 Å². The van der Waals surface area contributed by atoms with Crippen molar-refractivity contribution in [3.05, 3.63) is 64.7 Å². The number of nitrogens with two attached hydrogens (primary N) is 1. The molecule has 6 heteroatoms. The highest BCUT2D eigenvalue weighted by atomic mass is 35.5. The Kier molecular flexibility index (Phi) is 6.47. The van der Waals surface area contributed by atoms with Crippen LogP contribution in [0.25, 0.3) is 0 Å². The molecule has 2 aromatic carbocycles. The second-order valence-electron chi connectivity index (χ2n) is 5.26. The SMILES string of the molecule is Cc1cccc(C)c1OCC(N)c1ccc(C(F)(F)F)cc1.Cl. The summed E-state index contributed by atoms with van der Waals surface area (Å²) in [5.74, 6) is 0.768. The minimum atomic E-state index is -4.34. The lowest BCUT2D eigenvalue weighted by Crippen LogP contribution is -2.19. The molecule has 0 aliphatic carbocycles. The van der Waals surface area contributed by atoms with Gasteiger partial charge in [0.15, 0.2) is 0 Å². The molecule has 1 unspecified atom stereocenters. The Bertz CT molecular complexity index is 621. The summed E-state index contributed by atoms with van der Waals surface area (Å²) in [5.41, 5.74) is 7.92. The monoisotopic (exact) mass is 345 g/mol. The van der Waals surface area contributed by atoms with Crippen molar-refractivity contribution in [3.8, 4) is 5.75 Å². The molecule has 1 atom stereocenters. The van der Waals surface area contributed by atoms with Crippen LogP contribution in [0.5, 0.6) is 5.75 Å². The molecule has 2 N–H and O–H groups in total. The summed E-state index contributed by atoms with van der Waals surface area (Å²) in [6.45, 7) is 4.08. The Morgan fingerprint density at radius 1 is 1.00 bits per heavy atom. The normalized spacial score (nSPS) is 12.4. The second kappa shape index (κ2) is 7.70. The first kappa shape index (κ1) is 19.3. The molecule has 0 saturated carbocycles. The first-order valence-corrected chi connectivity index (χ1v) is 6.91. The number of halogens is 4. The van der Waals surface area contributed by atoms with E-state index in [1.165, 1.54) is 12.1 Å². The number of benzene rings is 2. The number of rotatable bonds is 4. The Morgan fingerprint density at radius 3 is 2.00 bits per heavy atom. The van der Waals surface area contributed by atoms with Gasteiger partial charge in [0.2, 0.25) is 0 Å². The van der Waals surface area contributed by atoms with Crippen molar-refractivity contribution in [2.45, 2.75) is 26.1 Å². The molecule has 0 bridgehead atoms. The van der Waals surface area contributed by atoms with Gasteiger partial charge in [-0.3, -0.25) is 0 Å². The summed E-state index contributed by atoms with van der Waals surface area (Å²) in [6, 6.07) is 10.2. The molecule has 2 nitrogen and oxygen atoms in total. The maximum Gasteiger partial charge on any atom is 0.416 e. The van der Waals surface area contributed by atoms with Gasteiger partial charge in [0.05, 0.1) is 11.6 Å². The van der Waals surface area contributed by atoms with Crippen LogP contribution in [-0.4, -0.2) is 6.61 Å². The molecule has 0 aromatic heterocycles. The van der Waals surface area contributed by atoms with Gasteiger partial charge in [-0.2, -0.15) is 13.2 Å². The molecular formula is C17H19ClF3NO. The molecule has 0 radical (unpaired) electrons. The van der Waals surface area contributed by atoms with Crippen LogP contribution in [-0.2, 0) is 6.18 Å². The fourth-order valence-corrected chi connectivity index (χ4v) is 2.22. The molecule has 0 fully saturated rings. The van der Waals surface area contributed by atoms with E-state index >= 15 is 0 Å². The number of aryl methyl sites for hydroxylation is 2. The molecule has 2 aromatic rings. The van der Waals surface area contributed by atoms with Crippen LogP contribution in [0.1, 0.15) is 28.3 Å². The van der Waals surface area contributed by atoms with Gasteiger partial charge >= 0.3 is 6.18 Å². The smallest absolute Gasteiger partial charge is 0.416 e. The van der Waals surface area contributed by atoms with Gasteiger partial charge in [0.1, 0.15) is 12.4 Å². The first-order chi connectivity index (χ1) is 10.3. The van der Waals surface area contributed by atoms with E-state index in [4.69, 9.17) is 10.5 Å². The van der Waals surface area contributed by atoms with Crippen molar-refractivity contribution in [2.24, 2.45) is 5.73 Å². The van der Waals surface area contributed by atoms with E-state index in [9.17, 15) is 13.2 Å². The molecule has 2 rings (SSSR count). The standard InChI is InChI=1S/C17H18F3NO.ClH/c1-11-4-3-5-12(2)16(11)22-10-15(21)13-6-8-14(9-7-13)17(18,19)20;/h3-9,15H,10,21H2,1-2H3;1H. The zero-order valence-electron chi connectivity index (χ0n) is 12.9. The van der Waals surface area contributed by atoms with Crippen molar-refractivity contribution >= 4 is 12.4 Å². The molecule has 126 valence electrons. The topological polar surface area (TPSA) is 35.2 Å². The Morgan fingerprint density at radius 2 is 1.52 bits per heavy atom. The summed E-state index contributed by atoms with van der Waals surface area (Å²) in [7, 11) is 0. The van der Waals surface area contributed by atoms with Crippen molar-refractivity contribution in [1.82, 2.24) is 0 Å². The van der Waals surface area contributed by atoms with Crippen LogP contribution >= 0.6 is 12.4 Å². The molecular weight excluding hydrogens is 327 g/mol. The fourth-order valence-electron chi connectivity index (χ4n) is 2.22. The number of hydrogen-bond acceptors (Lipinski definition) is 2. The zero-order valence-corrected chi connectivity index (χ0v) is 13.7. The van der Waals surface area contributed by atoms with Crippen LogP contribution < -0.4 is 10.5 Å². The van der Waals surface area contributed by atoms with Gasteiger partial charge in [-0.15, -0.1) is 12.4 Å². The molecule has 0 aliphatic rings. The maximum absolute atomic E-state index is 12.5. The third-order valence-electron chi connectivity index (χ3n) is 3.48. The van der Waals surface area contributed by atoms with E-state index in [0.29, 0.717) is 5.56 Å². The van der Waals surface area contributed by atoms with Gasteiger partial charge < -0.3 is 10.5 Å². The summed E-state index contributed by atoms with van der Waals surface area (Å²) in [6.07, 6.45) is -4.34. The Labute approximate surface area is 139 Å². The molecule has 0 aliphatic heterocycles. The van der Waals surface area contributed by atoms with Gasteiger partial charge in [-0.05, 0) is 42.7 Å². The highest BCUT2D eigenvalue weighted by Gasteiger charge is 2.30. The summed E-state index contributed by atoms with van der Waals surface area (Å²) in [5, 5.41) is 0. The highest BCUT2D eigenvalue weighted by molar-refractivity contribution is 5.85. The van der Waals surface area contributed by atoms with Gasteiger partial charge in [0, 0.05) is 0 Å². The first-order valence-electron chi connectivity index (χ1n) is 6.91. The largest absolute Gasteiger partial charge is 0.491 e. The molecule has 23 heavy (non-hydrogen) atoms. The summed E-state index contributed by atoms with van der Waals surface area (Å²) < 4.78 is 43.3. The molecule has 0 saturated heterocycles. The van der Waals surface area contributed by atoms with E-state index in [0.717, 1.165) is 29.0 Å². The molecule has 0 spiro atoms. The van der Waals surface area contributed by atoms with E-state index in [1.807, 2.05) is 32.0 Å². The minimum absolute atomic E-state index is 0. The van der Waals surface area contributed by atoms with Crippen molar-refractivity contribution in [1.29, 1.82) is 0 Å². The predicted molar refractivity (Wildman–Crippen MR) is 87.0 cm³/mol. The summed E-state index contributed by atoms with van der Waals surface area (Å²) >= 11 is 0. The number of ether oxygens (including phenoxy) is 1. The van der Waals surface area contributed by atoms with Crippen molar-refractivity contribution in [3.63, 3.8) is 0 Å². The lowest BCUT2D eigenvalue weighted by Gasteiger charge is -2.17. The van der Waals surface area contributed by atoms with E-state index in [2.05, 4.69) is 0 Å². The number of hydrogen-bond donors (Lipinski definition) is 1. The Balaban J connectivity index is 0.00000264. The van der Waals surface area contributed by atoms with Gasteiger partial charge in [0.25, 0.3) is 0 Å². The van der Waals surface area contributed by atoms with E-state index < -0.39 is 17.8 Å².